The van der Waals surface area contributed by atoms with E-state index < -0.39 is 0 Å². The van der Waals surface area contributed by atoms with Gasteiger partial charge in [-0.2, -0.15) is 0 Å². The second-order valence-electron chi connectivity index (χ2n) is 5.16. The summed E-state index contributed by atoms with van der Waals surface area (Å²) in [5.74, 6) is 0. The lowest BCUT2D eigenvalue weighted by atomic mass is 10.0. The van der Waals surface area contributed by atoms with Gasteiger partial charge in [-0.1, -0.05) is 22.0 Å². The van der Waals surface area contributed by atoms with Crippen molar-refractivity contribution in [3.05, 3.63) is 33.8 Å². The topological polar surface area (TPSA) is 24.1 Å². The molecule has 0 aromatic heterocycles. The average Bonchev–Trinajstić information content (AvgIpc) is 2.23. The van der Waals surface area contributed by atoms with E-state index in [1.54, 1.807) is 0 Å². The van der Waals surface area contributed by atoms with Crippen LogP contribution >= 0.6 is 15.9 Å². The molecule has 0 spiro atoms. The highest BCUT2D eigenvalue weighted by molar-refractivity contribution is 9.10. The minimum Gasteiger partial charge on any atom is -0.318 e. The Bertz CT molecular complexity index is 361. The number of likely N-dealkylation sites (N-methyl/N-ethyl adjacent to an activating group) is 1. The highest BCUT2D eigenvalue weighted by Crippen LogP contribution is 2.16. The van der Waals surface area contributed by atoms with E-state index in [1.807, 2.05) is 7.05 Å². The Kier molecular flexibility index (Phi) is 5.63. The number of nitrogens with one attached hydrogen (secondary N) is 2. The first-order valence-corrected chi connectivity index (χ1v) is 6.88. The zero-order valence-electron chi connectivity index (χ0n) is 11.2. The largest absolute Gasteiger partial charge is 0.318 e. The number of hydrogen-bond donors (Lipinski definition) is 2. The molecule has 0 heterocycles. The van der Waals surface area contributed by atoms with Crippen LogP contribution in [0.5, 0.6) is 0 Å². The molecule has 0 atom stereocenters. The molecule has 0 saturated heterocycles. The molecule has 0 unspecified atom stereocenters. The fourth-order valence-corrected chi connectivity index (χ4v) is 2.36. The van der Waals surface area contributed by atoms with Crippen LogP contribution in [0.4, 0.5) is 0 Å². The molecule has 1 aromatic rings. The third-order valence-corrected chi connectivity index (χ3v) is 3.42. The summed E-state index contributed by atoms with van der Waals surface area (Å²) in [6, 6.07) is 6.47. The fourth-order valence-electron chi connectivity index (χ4n) is 1.95. The van der Waals surface area contributed by atoms with Gasteiger partial charge in [-0.05, 0) is 64.0 Å². The second kappa shape index (κ2) is 6.53. The molecule has 2 N–H and O–H groups in total. The van der Waals surface area contributed by atoms with E-state index in [0.717, 1.165) is 24.0 Å². The van der Waals surface area contributed by atoms with Gasteiger partial charge in [0, 0.05) is 16.6 Å². The van der Waals surface area contributed by atoms with Crippen LogP contribution in [0.15, 0.2) is 22.7 Å². The van der Waals surface area contributed by atoms with Crippen LogP contribution in [0.2, 0.25) is 0 Å². The summed E-state index contributed by atoms with van der Waals surface area (Å²) in [6.45, 7) is 8.59. The molecule has 1 aromatic carbocycles. The Labute approximate surface area is 113 Å². The molecule has 1 rings (SSSR count). The quantitative estimate of drug-likeness (QED) is 0.844. The van der Waals surface area contributed by atoms with E-state index in [4.69, 9.17) is 0 Å². The van der Waals surface area contributed by atoms with Gasteiger partial charge in [0.15, 0.2) is 0 Å². The van der Waals surface area contributed by atoms with Crippen molar-refractivity contribution in [2.75, 3.05) is 20.1 Å². The summed E-state index contributed by atoms with van der Waals surface area (Å²) in [4.78, 5) is 0. The molecule has 96 valence electrons. The summed E-state index contributed by atoms with van der Waals surface area (Å²) in [5, 5.41) is 6.78. The van der Waals surface area contributed by atoms with Crippen LogP contribution in [-0.2, 0) is 6.42 Å². The van der Waals surface area contributed by atoms with Crippen LogP contribution in [0.25, 0.3) is 0 Å². The van der Waals surface area contributed by atoms with Gasteiger partial charge in [-0.25, -0.2) is 0 Å². The molecule has 3 heteroatoms. The summed E-state index contributed by atoms with van der Waals surface area (Å²) >= 11 is 3.52. The maximum absolute atomic E-state index is 3.58. The molecule has 0 bridgehead atoms. The molecular weight excluding hydrogens is 276 g/mol. The van der Waals surface area contributed by atoms with Gasteiger partial charge in [0.1, 0.15) is 0 Å². The summed E-state index contributed by atoms with van der Waals surface area (Å²) in [7, 11) is 1.99. The van der Waals surface area contributed by atoms with Gasteiger partial charge in [-0.3, -0.25) is 0 Å². The first kappa shape index (κ1) is 14.7. The van der Waals surface area contributed by atoms with Crippen LogP contribution in [-0.4, -0.2) is 25.7 Å². The maximum Gasteiger partial charge on any atom is 0.0249 e. The third kappa shape index (κ3) is 5.19. The Morgan fingerprint density at radius 2 is 2.00 bits per heavy atom. The van der Waals surface area contributed by atoms with Gasteiger partial charge in [0.05, 0.1) is 0 Å². The molecule has 0 aliphatic heterocycles. The standard InChI is InChI=1S/C14H23BrN2/c1-11-5-6-13(15)9-12(11)7-8-17-14(2,3)10-16-4/h5-6,9,16-17H,7-8,10H2,1-4H3. The van der Waals surface area contributed by atoms with Gasteiger partial charge in [0.2, 0.25) is 0 Å². The number of benzene rings is 1. The van der Waals surface area contributed by atoms with E-state index in [2.05, 4.69) is 65.5 Å². The molecule has 0 saturated carbocycles. The van der Waals surface area contributed by atoms with Crippen molar-refractivity contribution < 1.29 is 0 Å². The van der Waals surface area contributed by atoms with Crippen molar-refractivity contribution >= 4 is 15.9 Å². The first-order valence-electron chi connectivity index (χ1n) is 6.09. The van der Waals surface area contributed by atoms with Crippen LogP contribution in [0.3, 0.4) is 0 Å². The third-order valence-electron chi connectivity index (χ3n) is 2.93. The monoisotopic (exact) mass is 298 g/mol. The summed E-state index contributed by atoms with van der Waals surface area (Å²) < 4.78 is 1.16. The molecule has 0 fully saturated rings. The molecule has 2 nitrogen and oxygen atoms in total. The zero-order valence-corrected chi connectivity index (χ0v) is 12.8. The minimum absolute atomic E-state index is 0.147. The fraction of sp³-hybridized carbons (Fsp3) is 0.571. The lowest BCUT2D eigenvalue weighted by Crippen LogP contribution is -2.47. The predicted molar refractivity (Wildman–Crippen MR) is 78.6 cm³/mol. The normalized spacial score (nSPS) is 11.8. The van der Waals surface area contributed by atoms with Crippen LogP contribution in [0, 0.1) is 6.92 Å². The van der Waals surface area contributed by atoms with Gasteiger partial charge < -0.3 is 10.6 Å². The Morgan fingerprint density at radius 1 is 1.29 bits per heavy atom. The minimum atomic E-state index is 0.147. The molecular formula is C14H23BrN2. The molecule has 0 radical (unpaired) electrons. The van der Waals surface area contributed by atoms with E-state index >= 15 is 0 Å². The molecule has 0 aliphatic carbocycles. The zero-order chi connectivity index (χ0) is 12.9. The summed E-state index contributed by atoms with van der Waals surface area (Å²) in [5.41, 5.74) is 2.92. The Hall–Kier alpha value is -0.380. The Morgan fingerprint density at radius 3 is 2.65 bits per heavy atom. The smallest absolute Gasteiger partial charge is 0.0249 e. The number of aryl methyl sites for hydroxylation is 1. The van der Waals surface area contributed by atoms with Gasteiger partial charge in [0.25, 0.3) is 0 Å². The average molecular weight is 299 g/mol. The highest BCUT2D eigenvalue weighted by atomic mass is 79.9. The van der Waals surface area contributed by atoms with Crippen molar-refractivity contribution in [2.24, 2.45) is 0 Å². The molecule has 0 amide bonds. The second-order valence-corrected chi connectivity index (χ2v) is 6.08. The van der Waals surface area contributed by atoms with E-state index in [-0.39, 0.29) is 5.54 Å². The maximum atomic E-state index is 3.58. The molecule has 0 aliphatic rings. The van der Waals surface area contributed by atoms with Gasteiger partial charge >= 0.3 is 0 Å². The van der Waals surface area contributed by atoms with Crippen molar-refractivity contribution in [3.63, 3.8) is 0 Å². The number of rotatable bonds is 6. The Balaban J connectivity index is 2.48. The number of hydrogen-bond acceptors (Lipinski definition) is 2. The molecule has 17 heavy (non-hydrogen) atoms. The van der Waals surface area contributed by atoms with Crippen LogP contribution in [0.1, 0.15) is 25.0 Å². The van der Waals surface area contributed by atoms with E-state index in [1.165, 1.54) is 11.1 Å². The summed E-state index contributed by atoms with van der Waals surface area (Å²) in [6.07, 6.45) is 1.07. The number of halogens is 1. The first-order chi connectivity index (χ1) is 7.94. The van der Waals surface area contributed by atoms with Crippen molar-refractivity contribution in [2.45, 2.75) is 32.7 Å². The SMILES string of the molecule is CNCC(C)(C)NCCc1cc(Br)ccc1C. The van der Waals surface area contributed by atoms with Gasteiger partial charge in [-0.15, -0.1) is 0 Å². The van der Waals surface area contributed by atoms with Crippen molar-refractivity contribution in [1.82, 2.24) is 10.6 Å². The highest BCUT2D eigenvalue weighted by Gasteiger charge is 2.14. The van der Waals surface area contributed by atoms with Crippen molar-refractivity contribution in [3.8, 4) is 0 Å². The predicted octanol–water partition coefficient (Wildman–Crippen LogP) is 2.89. The van der Waals surface area contributed by atoms with E-state index in [9.17, 15) is 0 Å². The lowest BCUT2D eigenvalue weighted by molar-refractivity contribution is 0.378. The van der Waals surface area contributed by atoms with E-state index in [0.29, 0.717) is 0 Å². The van der Waals surface area contributed by atoms with Crippen LogP contribution < -0.4 is 10.6 Å². The lowest BCUT2D eigenvalue weighted by Gasteiger charge is -2.26. The van der Waals surface area contributed by atoms with Crippen molar-refractivity contribution in [1.29, 1.82) is 0 Å².